The van der Waals surface area contributed by atoms with Crippen LogP contribution >= 0.6 is 31.9 Å². The summed E-state index contributed by atoms with van der Waals surface area (Å²) in [7, 11) is 0. The van der Waals surface area contributed by atoms with Crippen LogP contribution in [0.4, 0.5) is 0 Å². The van der Waals surface area contributed by atoms with Crippen LogP contribution in [0.25, 0.3) is 0 Å². The second-order valence-corrected chi connectivity index (χ2v) is 8.74. The first kappa shape index (κ1) is 16.7. The fourth-order valence-corrected chi connectivity index (χ4v) is 5.27. The van der Waals surface area contributed by atoms with Gasteiger partial charge in [-0.3, -0.25) is 4.98 Å². The van der Waals surface area contributed by atoms with Crippen LogP contribution in [0.1, 0.15) is 46.7 Å². The number of pyridine rings is 1. The lowest BCUT2D eigenvalue weighted by atomic mass is 9.76. The Labute approximate surface area is 160 Å². The van der Waals surface area contributed by atoms with Crippen molar-refractivity contribution in [3.63, 3.8) is 0 Å². The minimum Gasteiger partial charge on any atom is -0.317 e. The standard InChI is InChI=1S/C20H22Br2N2/c1-12-2-4-16-17(19(12)22)5-3-14-10-15(21)11-24-20(14)18(16)13-6-8-23-9-7-13/h2,4,10-11,13,18,23H,3,5-9H2,1H3. The van der Waals surface area contributed by atoms with Gasteiger partial charge in [-0.05, 0) is 95.9 Å². The summed E-state index contributed by atoms with van der Waals surface area (Å²) in [5.74, 6) is 1.09. The van der Waals surface area contributed by atoms with E-state index in [2.05, 4.69) is 62.3 Å². The van der Waals surface area contributed by atoms with E-state index >= 15 is 0 Å². The molecule has 1 saturated heterocycles. The van der Waals surface area contributed by atoms with Crippen LogP contribution in [0.3, 0.4) is 0 Å². The van der Waals surface area contributed by atoms with Crippen molar-refractivity contribution in [2.45, 2.75) is 38.5 Å². The summed E-state index contributed by atoms with van der Waals surface area (Å²) < 4.78 is 2.39. The molecular formula is C20H22Br2N2. The lowest BCUT2D eigenvalue weighted by Gasteiger charge is -2.32. The number of aryl methyl sites for hydroxylation is 2. The summed E-state index contributed by atoms with van der Waals surface area (Å²) in [6.45, 7) is 4.43. The van der Waals surface area contributed by atoms with Crippen LogP contribution in [0.15, 0.2) is 33.3 Å². The fourth-order valence-electron chi connectivity index (χ4n) is 4.33. The quantitative estimate of drug-likeness (QED) is 0.651. The number of nitrogens with zero attached hydrogens (tertiary/aromatic N) is 1. The number of rotatable bonds is 1. The molecule has 2 aromatic rings. The van der Waals surface area contributed by atoms with Gasteiger partial charge < -0.3 is 5.32 Å². The second-order valence-electron chi connectivity index (χ2n) is 7.03. The Morgan fingerprint density at radius 2 is 1.92 bits per heavy atom. The van der Waals surface area contributed by atoms with E-state index in [0.717, 1.165) is 30.4 Å². The zero-order valence-electron chi connectivity index (χ0n) is 13.9. The maximum Gasteiger partial charge on any atom is 0.0514 e. The van der Waals surface area contributed by atoms with E-state index < -0.39 is 0 Å². The Morgan fingerprint density at radius 1 is 1.12 bits per heavy atom. The number of fused-ring (bicyclic) bond motifs is 2. The first-order chi connectivity index (χ1) is 11.6. The van der Waals surface area contributed by atoms with Gasteiger partial charge in [-0.2, -0.15) is 0 Å². The minimum absolute atomic E-state index is 0.421. The summed E-state index contributed by atoms with van der Waals surface area (Å²) in [6.07, 6.45) is 6.59. The van der Waals surface area contributed by atoms with Crippen LogP contribution in [0, 0.1) is 12.8 Å². The van der Waals surface area contributed by atoms with Crippen molar-refractivity contribution in [2.75, 3.05) is 13.1 Å². The maximum atomic E-state index is 4.90. The Balaban J connectivity index is 1.90. The molecule has 4 rings (SSSR count). The molecule has 0 amide bonds. The van der Waals surface area contributed by atoms with Crippen molar-refractivity contribution < 1.29 is 0 Å². The van der Waals surface area contributed by atoms with Crippen molar-refractivity contribution in [3.05, 3.63) is 61.3 Å². The van der Waals surface area contributed by atoms with Crippen LogP contribution in [0.2, 0.25) is 0 Å². The molecule has 1 aromatic heterocycles. The van der Waals surface area contributed by atoms with Gasteiger partial charge in [0.25, 0.3) is 0 Å². The lowest BCUT2D eigenvalue weighted by Crippen LogP contribution is -2.32. The molecule has 0 radical (unpaired) electrons. The number of hydrogen-bond acceptors (Lipinski definition) is 2. The van der Waals surface area contributed by atoms with E-state index in [1.807, 2.05) is 6.20 Å². The van der Waals surface area contributed by atoms with Crippen LogP contribution < -0.4 is 5.32 Å². The highest BCUT2D eigenvalue weighted by Gasteiger charge is 2.33. The summed E-state index contributed by atoms with van der Waals surface area (Å²) in [6, 6.07) is 6.91. The smallest absolute Gasteiger partial charge is 0.0514 e. The Bertz CT molecular complexity index is 766. The molecule has 1 fully saturated rings. The normalized spacial score (nSPS) is 21.0. The predicted molar refractivity (Wildman–Crippen MR) is 106 cm³/mol. The Morgan fingerprint density at radius 3 is 2.71 bits per heavy atom. The third kappa shape index (κ3) is 2.97. The molecule has 1 aliphatic carbocycles. The average Bonchev–Trinajstić information content (AvgIpc) is 2.76. The van der Waals surface area contributed by atoms with Gasteiger partial charge in [0, 0.05) is 21.1 Å². The Hall–Kier alpha value is -0.710. The number of hydrogen-bond donors (Lipinski definition) is 1. The second kappa shape index (κ2) is 6.89. The molecular weight excluding hydrogens is 428 g/mol. The summed E-state index contributed by atoms with van der Waals surface area (Å²) in [4.78, 5) is 4.90. The van der Waals surface area contributed by atoms with Gasteiger partial charge in [0.1, 0.15) is 0 Å². The van der Waals surface area contributed by atoms with Crippen molar-refractivity contribution >= 4 is 31.9 Å². The zero-order chi connectivity index (χ0) is 16.7. The molecule has 1 aliphatic heterocycles. The molecule has 2 heterocycles. The van der Waals surface area contributed by atoms with Crippen molar-refractivity contribution in [1.29, 1.82) is 0 Å². The molecule has 0 bridgehead atoms. The number of aromatic nitrogens is 1. The highest BCUT2D eigenvalue weighted by Crippen LogP contribution is 2.44. The molecule has 24 heavy (non-hydrogen) atoms. The van der Waals surface area contributed by atoms with Gasteiger partial charge in [-0.15, -0.1) is 0 Å². The van der Waals surface area contributed by atoms with E-state index in [9.17, 15) is 0 Å². The molecule has 0 spiro atoms. The first-order valence-corrected chi connectivity index (χ1v) is 10.4. The molecule has 126 valence electrons. The van der Waals surface area contributed by atoms with E-state index in [-0.39, 0.29) is 0 Å². The first-order valence-electron chi connectivity index (χ1n) is 8.78. The van der Waals surface area contributed by atoms with Crippen molar-refractivity contribution in [2.24, 2.45) is 5.92 Å². The van der Waals surface area contributed by atoms with E-state index in [0.29, 0.717) is 11.8 Å². The number of piperidine rings is 1. The molecule has 1 unspecified atom stereocenters. The SMILES string of the molecule is Cc1ccc2c(c1Br)CCc1cc(Br)cnc1C2C1CCNCC1. The van der Waals surface area contributed by atoms with E-state index in [1.165, 1.54) is 45.3 Å². The highest BCUT2D eigenvalue weighted by molar-refractivity contribution is 9.10. The van der Waals surface area contributed by atoms with Crippen LogP contribution in [0.5, 0.6) is 0 Å². The summed E-state index contributed by atoms with van der Waals surface area (Å²) in [5, 5.41) is 3.51. The van der Waals surface area contributed by atoms with Crippen molar-refractivity contribution in [3.8, 4) is 0 Å². The van der Waals surface area contributed by atoms with Crippen LogP contribution in [-0.2, 0) is 12.8 Å². The average molecular weight is 450 g/mol. The predicted octanol–water partition coefficient (Wildman–Crippen LogP) is 5.15. The molecule has 1 N–H and O–H groups in total. The number of benzene rings is 1. The molecule has 4 heteroatoms. The molecule has 1 atom stereocenters. The molecule has 2 aliphatic rings. The lowest BCUT2D eigenvalue weighted by molar-refractivity contribution is 0.338. The molecule has 0 saturated carbocycles. The minimum atomic E-state index is 0.421. The third-order valence-corrected chi connectivity index (χ3v) is 7.11. The van der Waals surface area contributed by atoms with Gasteiger partial charge >= 0.3 is 0 Å². The Kier molecular flexibility index (Phi) is 4.81. The van der Waals surface area contributed by atoms with Gasteiger partial charge in [0.05, 0.1) is 5.69 Å². The third-order valence-electron chi connectivity index (χ3n) is 5.57. The fraction of sp³-hybridized carbons (Fsp3) is 0.450. The molecule has 1 aromatic carbocycles. The van der Waals surface area contributed by atoms with Gasteiger partial charge in [0.2, 0.25) is 0 Å². The maximum absolute atomic E-state index is 4.90. The summed E-state index contributed by atoms with van der Waals surface area (Å²) >= 11 is 7.48. The van der Waals surface area contributed by atoms with Gasteiger partial charge in [0.15, 0.2) is 0 Å². The van der Waals surface area contributed by atoms with Crippen LogP contribution in [-0.4, -0.2) is 18.1 Å². The van der Waals surface area contributed by atoms with E-state index in [4.69, 9.17) is 4.98 Å². The van der Waals surface area contributed by atoms with Crippen molar-refractivity contribution in [1.82, 2.24) is 10.3 Å². The number of nitrogens with one attached hydrogen (secondary N) is 1. The largest absolute Gasteiger partial charge is 0.317 e. The van der Waals surface area contributed by atoms with Gasteiger partial charge in [-0.25, -0.2) is 0 Å². The topological polar surface area (TPSA) is 24.9 Å². The highest BCUT2D eigenvalue weighted by atomic mass is 79.9. The zero-order valence-corrected chi connectivity index (χ0v) is 17.1. The summed E-state index contributed by atoms with van der Waals surface area (Å²) in [5.41, 5.74) is 7.03. The molecule has 2 nitrogen and oxygen atoms in total. The monoisotopic (exact) mass is 448 g/mol. The van der Waals surface area contributed by atoms with Gasteiger partial charge in [-0.1, -0.05) is 28.1 Å². The number of halogens is 2. The van der Waals surface area contributed by atoms with E-state index in [1.54, 1.807) is 0 Å².